The van der Waals surface area contributed by atoms with Crippen LogP contribution >= 0.6 is 11.8 Å². The van der Waals surface area contributed by atoms with E-state index in [1.165, 1.54) is 11.8 Å². The predicted molar refractivity (Wildman–Crippen MR) is 86.9 cm³/mol. The number of fused-ring (bicyclic) bond motifs is 2. The summed E-state index contributed by atoms with van der Waals surface area (Å²) in [7, 11) is 0. The maximum absolute atomic E-state index is 12.5. The Morgan fingerprint density at radius 1 is 1.23 bits per heavy atom. The number of hydrazone groups is 1. The molecule has 5 nitrogen and oxygen atoms in total. The van der Waals surface area contributed by atoms with Crippen LogP contribution in [0.15, 0.2) is 47.6 Å². The minimum atomic E-state index is -0.959. The first-order chi connectivity index (χ1) is 10.6. The molecule has 0 bridgehead atoms. The SMILES string of the molecule is Cc1ccc2c(c1)[C@]1(NN=C(c3ccccc3O)S1)C(=O)N2. The Morgan fingerprint density at radius 2 is 2.05 bits per heavy atom. The number of aryl methyl sites for hydroxylation is 1. The van der Waals surface area contributed by atoms with Crippen LogP contribution in [0, 0.1) is 6.92 Å². The monoisotopic (exact) mass is 311 g/mol. The van der Waals surface area contributed by atoms with Gasteiger partial charge in [0.1, 0.15) is 10.8 Å². The van der Waals surface area contributed by atoms with Crippen LogP contribution in [0.25, 0.3) is 0 Å². The highest BCUT2D eigenvalue weighted by molar-refractivity contribution is 8.16. The van der Waals surface area contributed by atoms with Gasteiger partial charge < -0.3 is 10.4 Å². The number of anilines is 1. The van der Waals surface area contributed by atoms with E-state index in [1.807, 2.05) is 31.2 Å². The highest BCUT2D eigenvalue weighted by Gasteiger charge is 2.52. The van der Waals surface area contributed by atoms with Gasteiger partial charge in [0.15, 0.2) is 0 Å². The number of carbonyl (C=O) groups excluding carboxylic acids is 1. The molecule has 0 fully saturated rings. The number of para-hydroxylation sites is 1. The average molecular weight is 311 g/mol. The maximum Gasteiger partial charge on any atom is 0.267 e. The van der Waals surface area contributed by atoms with Gasteiger partial charge in [0, 0.05) is 11.3 Å². The molecule has 110 valence electrons. The zero-order valence-electron chi connectivity index (χ0n) is 11.8. The summed E-state index contributed by atoms with van der Waals surface area (Å²) in [6.45, 7) is 1.99. The molecule has 0 aromatic heterocycles. The minimum Gasteiger partial charge on any atom is -0.507 e. The predicted octanol–water partition coefficient (Wildman–Crippen LogP) is 2.50. The molecular formula is C16H13N3O2S. The number of aromatic hydroxyl groups is 1. The molecule has 0 aliphatic carbocycles. The highest BCUT2D eigenvalue weighted by Crippen LogP contribution is 2.48. The first-order valence-corrected chi connectivity index (χ1v) is 7.67. The fourth-order valence-corrected chi connectivity index (χ4v) is 3.87. The molecule has 2 heterocycles. The van der Waals surface area contributed by atoms with E-state index < -0.39 is 4.87 Å². The molecule has 2 aliphatic heterocycles. The van der Waals surface area contributed by atoms with Crippen LogP contribution in [0.4, 0.5) is 5.69 Å². The quantitative estimate of drug-likeness (QED) is 0.756. The number of amides is 1. The van der Waals surface area contributed by atoms with Gasteiger partial charge >= 0.3 is 0 Å². The molecule has 22 heavy (non-hydrogen) atoms. The van der Waals surface area contributed by atoms with Crippen molar-refractivity contribution in [2.24, 2.45) is 5.10 Å². The van der Waals surface area contributed by atoms with E-state index in [1.54, 1.807) is 18.2 Å². The van der Waals surface area contributed by atoms with Crippen LogP contribution in [0.1, 0.15) is 16.7 Å². The molecule has 2 aromatic carbocycles. The fourth-order valence-electron chi connectivity index (χ4n) is 2.69. The summed E-state index contributed by atoms with van der Waals surface area (Å²) < 4.78 is 0. The standard InChI is InChI=1S/C16H13N3O2S/c1-9-6-7-12-11(8-9)16(15(21)17-12)19-18-14(22-16)10-4-2-3-5-13(10)20/h2-8,19-20H,1H3,(H,17,21)/t16-/m1/s1. The summed E-state index contributed by atoms with van der Waals surface area (Å²) in [4.78, 5) is 11.5. The largest absolute Gasteiger partial charge is 0.507 e. The summed E-state index contributed by atoms with van der Waals surface area (Å²) in [6.07, 6.45) is 0. The first kappa shape index (κ1) is 13.2. The summed E-state index contributed by atoms with van der Waals surface area (Å²) >= 11 is 1.31. The Hall–Kier alpha value is -2.47. The summed E-state index contributed by atoms with van der Waals surface area (Å²) in [5, 5.41) is 17.8. The third-order valence-electron chi connectivity index (χ3n) is 3.82. The van der Waals surface area contributed by atoms with Crippen LogP contribution in [-0.4, -0.2) is 16.1 Å². The van der Waals surface area contributed by atoms with Gasteiger partial charge in [-0.3, -0.25) is 10.2 Å². The van der Waals surface area contributed by atoms with Gasteiger partial charge in [0.2, 0.25) is 4.87 Å². The van der Waals surface area contributed by atoms with Crippen molar-refractivity contribution in [3.05, 3.63) is 59.2 Å². The number of rotatable bonds is 1. The second kappa shape index (κ2) is 4.51. The van der Waals surface area contributed by atoms with E-state index in [9.17, 15) is 9.90 Å². The van der Waals surface area contributed by atoms with Gasteiger partial charge in [-0.1, -0.05) is 41.6 Å². The number of phenols is 1. The number of hydrogen-bond acceptors (Lipinski definition) is 5. The van der Waals surface area contributed by atoms with Gasteiger partial charge in [-0.15, -0.1) is 0 Å². The zero-order chi connectivity index (χ0) is 15.3. The summed E-state index contributed by atoms with van der Waals surface area (Å²) in [5.41, 5.74) is 6.33. The van der Waals surface area contributed by atoms with Crippen molar-refractivity contribution in [3.8, 4) is 5.75 Å². The first-order valence-electron chi connectivity index (χ1n) is 6.85. The molecule has 6 heteroatoms. The van der Waals surface area contributed by atoms with Crippen molar-refractivity contribution in [3.63, 3.8) is 0 Å². The molecule has 4 rings (SSSR count). The molecule has 0 unspecified atom stereocenters. The Labute approximate surface area is 131 Å². The molecule has 2 aliphatic rings. The number of benzene rings is 2. The second-order valence-corrected chi connectivity index (χ2v) is 6.54. The number of phenolic OH excluding ortho intramolecular Hbond substituents is 1. The second-order valence-electron chi connectivity index (χ2n) is 5.33. The van der Waals surface area contributed by atoms with E-state index in [2.05, 4.69) is 15.8 Å². The van der Waals surface area contributed by atoms with Crippen molar-refractivity contribution < 1.29 is 9.90 Å². The molecule has 3 N–H and O–H groups in total. The van der Waals surface area contributed by atoms with Crippen LogP contribution in [0.5, 0.6) is 5.75 Å². The van der Waals surface area contributed by atoms with E-state index in [4.69, 9.17) is 0 Å². The van der Waals surface area contributed by atoms with Crippen LogP contribution in [0.2, 0.25) is 0 Å². The lowest BCUT2D eigenvalue weighted by molar-refractivity contribution is -0.118. The van der Waals surface area contributed by atoms with Crippen molar-refractivity contribution >= 4 is 28.4 Å². The van der Waals surface area contributed by atoms with Gasteiger partial charge in [-0.05, 0) is 25.1 Å². The number of nitrogens with one attached hydrogen (secondary N) is 2. The molecule has 1 spiro atoms. The number of hydrogen-bond donors (Lipinski definition) is 3. The van der Waals surface area contributed by atoms with Crippen molar-refractivity contribution in [1.82, 2.24) is 5.43 Å². The topological polar surface area (TPSA) is 73.7 Å². The molecule has 0 saturated carbocycles. The third-order valence-corrected chi connectivity index (χ3v) is 5.13. The highest BCUT2D eigenvalue weighted by atomic mass is 32.2. The summed E-state index contributed by atoms with van der Waals surface area (Å²) in [5.74, 6) is 0.00254. The number of nitrogens with zero attached hydrogens (tertiary/aromatic N) is 1. The van der Waals surface area contributed by atoms with E-state index >= 15 is 0 Å². The minimum absolute atomic E-state index is 0.146. The van der Waals surface area contributed by atoms with Crippen molar-refractivity contribution in [1.29, 1.82) is 0 Å². The van der Waals surface area contributed by atoms with E-state index in [0.717, 1.165) is 16.8 Å². The molecule has 0 radical (unpaired) electrons. The molecule has 0 saturated heterocycles. The van der Waals surface area contributed by atoms with Gasteiger partial charge in [-0.25, -0.2) is 0 Å². The zero-order valence-corrected chi connectivity index (χ0v) is 12.6. The summed E-state index contributed by atoms with van der Waals surface area (Å²) in [6, 6.07) is 12.8. The van der Waals surface area contributed by atoms with Gasteiger partial charge in [0.05, 0.1) is 5.56 Å². The number of thioether (sulfide) groups is 1. The van der Waals surface area contributed by atoms with Crippen molar-refractivity contribution in [2.75, 3.05) is 5.32 Å². The molecule has 1 atom stereocenters. The van der Waals surface area contributed by atoms with Crippen LogP contribution < -0.4 is 10.7 Å². The van der Waals surface area contributed by atoms with Crippen LogP contribution in [-0.2, 0) is 9.67 Å². The normalized spacial score (nSPS) is 22.2. The van der Waals surface area contributed by atoms with Crippen LogP contribution in [0.3, 0.4) is 0 Å². The molecule has 2 aromatic rings. The lowest BCUT2D eigenvalue weighted by Crippen LogP contribution is -2.39. The number of carbonyl (C=O) groups is 1. The Kier molecular flexibility index (Phi) is 2.71. The lowest BCUT2D eigenvalue weighted by Gasteiger charge is -2.20. The van der Waals surface area contributed by atoms with Gasteiger partial charge in [-0.2, -0.15) is 5.10 Å². The van der Waals surface area contributed by atoms with Gasteiger partial charge in [0.25, 0.3) is 5.91 Å². The maximum atomic E-state index is 12.5. The smallest absolute Gasteiger partial charge is 0.267 e. The fraction of sp³-hybridized carbons (Fsp3) is 0.125. The van der Waals surface area contributed by atoms with Crippen molar-refractivity contribution in [2.45, 2.75) is 11.8 Å². The molecular weight excluding hydrogens is 298 g/mol. The van der Waals surface area contributed by atoms with E-state index in [0.29, 0.717) is 10.6 Å². The lowest BCUT2D eigenvalue weighted by atomic mass is 10.1. The third kappa shape index (κ3) is 1.74. The Balaban J connectivity index is 1.77. The molecule has 1 amide bonds. The van der Waals surface area contributed by atoms with E-state index in [-0.39, 0.29) is 11.7 Å². The Bertz CT molecular complexity index is 834. The average Bonchev–Trinajstić information content (AvgIpc) is 3.05. The Morgan fingerprint density at radius 3 is 2.86 bits per heavy atom.